The van der Waals surface area contributed by atoms with Crippen molar-refractivity contribution in [1.82, 2.24) is 0 Å². The van der Waals surface area contributed by atoms with E-state index in [1.54, 1.807) is 0 Å². The second kappa shape index (κ2) is 11.9. The predicted octanol–water partition coefficient (Wildman–Crippen LogP) is 4.34. The topological polar surface area (TPSA) is 79.2 Å². The predicted molar refractivity (Wildman–Crippen MR) is 132 cm³/mol. The van der Waals surface area contributed by atoms with Gasteiger partial charge in [-0.3, -0.25) is 0 Å². The molecule has 0 aromatic carbocycles. The fourth-order valence-corrected chi connectivity index (χ4v) is 5.22. The van der Waals surface area contributed by atoms with Crippen LogP contribution in [0.2, 0.25) is 0 Å². The molecule has 186 valence electrons. The maximum atomic E-state index is 10.3. The average Bonchev–Trinajstić information content (AvgIpc) is 3.41. The third kappa shape index (κ3) is 6.89. The van der Waals surface area contributed by atoms with Crippen LogP contribution in [-0.4, -0.2) is 58.6 Å². The van der Waals surface area contributed by atoms with Crippen molar-refractivity contribution in [3.8, 4) is 0 Å². The molecule has 2 fully saturated rings. The van der Waals surface area contributed by atoms with E-state index in [4.69, 9.17) is 14.6 Å². The van der Waals surface area contributed by atoms with Crippen LogP contribution in [0.15, 0.2) is 47.6 Å². The Balaban J connectivity index is 1.52. The Kier molecular flexibility index (Phi) is 9.54. The summed E-state index contributed by atoms with van der Waals surface area (Å²) in [5.74, 6) is 1.80. The van der Waals surface area contributed by atoms with E-state index >= 15 is 0 Å². The number of ether oxygens (including phenoxy) is 2. The Labute approximate surface area is 199 Å². The van der Waals surface area contributed by atoms with Crippen LogP contribution in [0.25, 0.3) is 0 Å². The molecule has 2 aliphatic heterocycles. The lowest BCUT2D eigenvalue weighted by molar-refractivity contribution is -0.154. The van der Waals surface area contributed by atoms with Gasteiger partial charge in [-0.05, 0) is 67.9 Å². The lowest BCUT2D eigenvalue weighted by Crippen LogP contribution is -2.47. The molecular weight excluding hydrogens is 416 g/mol. The van der Waals surface area contributed by atoms with Crippen LogP contribution in [-0.2, 0) is 9.47 Å². The largest absolute Gasteiger partial charge is 0.396 e. The van der Waals surface area contributed by atoms with Crippen molar-refractivity contribution in [1.29, 1.82) is 0 Å². The number of hydrogen-bond acceptors (Lipinski definition) is 5. The summed E-state index contributed by atoms with van der Waals surface area (Å²) in [7, 11) is 0. The number of hydrogen-bond donors (Lipinski definition) is 3. The Morgan fingerprint density at radius 3 is 2.61 bits per heavy atom. The van der Waals surface area contributed by atoms with E-state index < -0.39 is 18.3 Å². The second-order valence-electron chi connectivity index (χ2n) is 10.3. The molecule has 0 aromatic heterocycles. The highest BCUT2D eigenvalue weighted by atomic mass is 16.5. The van der Waals surface area contributed by atoms with Crippen molar-refractivity contribution in [3.05, 3.63) is 47.6 Å². The van der Waals surface area contributed by atoms with E-state index in [0.717, 1.165) is 12.8 Å². The van der Waals surface area contributed by atoms with Crippen molar-refractivity contribution in [2.24, 2.45) is 23.7 Å². The molecule has 0 amide bonds. The Morgan fingerprint density at radius 2 is 1.91 bits per heavy atom. The summed E-state index contributed by atoms with van der Waals surface area (Å²) >= 11 is 0. The number of rotatable bonds is 9. The maximum Gasteiger partial charge on any atom is 0.110 e. The van der Waals surface area contributed by atoms with Gasteiger partial charge in [-0.2, -0.15) is 0 Å². The fourth-order valence-electron chi connectivity index (χ4n) is 5.22. The third-order valence-electron chi connectivity index (χ3n) is 7.61. The fraction of sp³-hybridized carbons (Fsp3) is 0.714. The van der Waals surface area contributed by atoms with Gasteiger partial charge in [-0.15, -0.1) is 0 Å². The molecule has 1 aliphatic carbocycles. The molecule has 0 bridgehead atoms. The van der Waals surface area contributed by atoms with Crippen LogP contribution in [0.5, 0.6) is 0 Å². The molecule has 33 heavy (non-hydrogen) atoms. The number of aliphatic hydroxyl groups is 3. The van der Waals surface area contributed by atoms with E-state index in [0.29, 0.717) is 36.5 Å². The summed E-state index contributed by atoms with van der Waals surface area (Å²) in [6, 6.07) is 0. The van der Waals surface area contributed by atoms with Crippen LogP contribution in [0.3, 0.4) is 0 Å². The molecule has 3 N–H and O–H groups in total. The van der Waals surface area contributed by atoms with Crippen LogP contribution >= 0.6 is 0 Å². The van der Waals surface area contributed by atoms with Crippen LogP contribution in [0.1, 0.15) is 60.3 Å². The molecule has 10 atom stereocenters. The molecule has 3 aliphatic rings. The smallest absolute Gasteiger partial charge is 0.110 e. The van der Waals surface area contributed by atoms with Crippen molar-refractivity contribution in [3.63, 3.8) is 0 Å². The van der Waals surface area contributed by atoms with Gasteiger partial charge in [0.2, 0.25) is 0 Å². The first-order valence-corrected chi connectivity index (χ1v) is 12.7. The molecule has 1 saturated carbocycles. The summed E-state index contributed by atoms with van der Waals surface area (Å²) < 4.78 is 12.2. The van der Waals surface area contributed by atoms with Gasteiger partial charge in [0, 0.05) is 13.0 Å². The van der Waals surface area contributed by atoms with Crippen molar-refractivity contribution in [2.45, 2.75) is 96.9 Å². The van der Waals surface area contributed by atoms with E-state index in [9.17, 15) is 10.2 Å². The summed E-state index contributed by atoms with van der Waals surface area (Å²) in [6.07, 6.45) is 14.0. The van der Waals surface area contributed by atoms with E-state index in [1.165, 1.54) is 11.1 Å². The van der Waals surface area contributed by atoms with Gasteiger partial charge >= 0.3 is 0 Å². The lowest BCUT2D eigenvalue weighted by atomic mass is 9.96. The highest BCUT2D eigenvalue weighted by Gasteiger charge is 2.43. The van der Waals surface area contributed by atoms with Gasteiger partial charge in [0.25, 0.3) is 0 Å². The normalized spacial score (nSPS) is 40.9. The Hall–Kier alpha value is -1.24. The van der Waals surface area contributed by atoms with Crippen molar-refractivity contribution < 1.29 is 24.8 Å². The van der Waals surface area contributed by atoms with E-state index in [1.807, 2.05) is 6.08 Å². The highest BCUT2D eigenvalue weighted by Crippen LogP contribution is 2.48. The Bertz CT molecular complexity index is 753. The second-order valence-corrected chi connectivity index (χ2v) is 10.3. The molecule has 0 unspecified atom stereocenters. The minimum Gasteiger partial charge on any atom is -0.396 e. The van der Waals surface area contributed by atoms with Crippen LogP contribution in [0.4, 0.5) is 0 Å². The summed E-state index contributed by atoms with van der Waals surface area (Å²) in [4.78, 5) is 0. The molecule has 5 nitrogen and oxygen atoms in total. The zero-order valence-corrected chi connectivity index (χ0v) is 20.9. The number of allylic oxidation sites excluding steroid dienone is 4. The summed E-state index contributed by atoms with van der Waals surface area (Å²) in [5.41, 5.74) is 2.65. The molecule has 0 radical (unpaired) electrons. The SMILES string of the molecule is CC[C@H]1O[C@@H](/C(C)=C/[C@H](C)/C=C/[C@H]2[C@@H](C)[C@@H]2/C=C/[C@@H]2O[C@H](CCO)C[C@@H](O)[C@H]2O)CC=C1C. The van der Waals surface area contributed by atoms with Gasteiger partial charge in [0.05, 0.1) is 24.4 Å². The minimum atomic E-state index is -0.916. The minimum absolute atomic E-state index is 0.0188. The van der Waals surface area contributed by atoms with Crippen LogP contribution < -0.4 is 0 Å². The zero-order valence-electron chi connectivity index (χ0n) is 20.9. The van der Waals surface area contributed by atoms with Gasteiger partial charge < -0.3 is 24.8 Å². The van der Waals surface area contributed by atoms with Gasteiger partial charge in [0.15, 0.2) is 0 Å². The standard InChI is InChI=1S/C28H44O5/c1-6-25-18(3)8-11-26(33-25)19(4)15-17(2)7-9-22-20(5)23(22)10-12-27-28(31)24(30)16-21(32-27)13-14-29/h7-10,12,15,17,20-31H,6,11,13-14,16H2,1-5H3/b9-7+,12-10+,19-15+/t17-,20-,21-,22+,23+,24-,25-,26-,27+,28-/m1/s1. The first kappa shape index (κ1) is 26.4. The molecule has 2 heterocycles. The van der Waals surface area contributed by atoms with Crippen molar-refractivity contribution >= 4 is 0 Å². The molecule has 5 heteroatoms. The van der Waals surface area contributed by atoms with Crippen molar-refractivity contribution in [2.75, 3.05) is 6.61 Å². The first-order valence-electron chi connectivity index (χ1n) is 12.7. The number of aliphatic hydroxyl groups excluding tert-OH is 3. The summed E-state index contributed by atoms with van der Waals surface area (Å²) in [5, 5.41) is 29.5. The van der Waals surface area contributed by atoms with E-state index in [2.05, 4.69) is 65.0 Å². The molecule has 0 aromatic rings. The molecule has 0 spiro atoms. The molecule has 1 saturated heterocycles. The van der Waals surface area contributed by atoms with Gasteiger partial charge in [0.1, 0.15) is 12.2 Å². The van der Waals surface area contributed by atoms with E-state index in [-0.39, 0.29) is 24.9 Å². The quantitative estimate of drug-likeness (QED) is 0.446. The monoisotopic (exact) mass is 460 g/mol. The molecule has 3 rings (SSSR count). The zero-order chi connectivity index (χ0) is 24.1. The lowest BCUT2D eigenvalue weighted by Gasteiger charge is -2.35. The Morgan fingerprint density at radius 1 is 1.18 bits per heavy atom. The van der Waals surface area contributed by atoms with Gasteiger partial charge in [-0.1, -0.05) is 57.2 Å². The average molecular weight is 461 g/mol. The first-order chi connectivity index (χ1) is 15.7. The van der Waals surface area contributed by atoms with Crippen LogP contribution in [0, 0.1) is 23.7 Å². The summed E-state index contributed by atoms with van der Waals surface area (Å²) in [6.45, 7) is 11.0. The third-order valence-corrected chi connectivity index (χ3v) is 7.61. The van der Waals surface area contributed by atoms with Gasteiger partial charge in [-0.25, -0.2) is 0 Å². The highest BCUT2D eigenvalue weighted by molar-refractivity contribution is 5.20. The molecular formula is C28H44O5. The maximum absolute atomic E-state index is 10.3.